The quantitative estimate of drug-likeness (QED) is 0.811. The van der Waals surface area contributed by atoms with Crippen molar-refractivity contribution >= 4 is 0 Å². The fourth-order valence-corrected chi connectivity index (χ4v) is 1.63. The van der Waals surface area contributed by atoms with Crippen molar-refractivity contribution in [2.24, 2.45) is 0 Å². The van der Waals surface area contributed by atoms with Crippen molar-refractivity contribution in [3.63, 3.8) is 0 Å². The SMILES string of the molecule is Cc1cc(-c2ccc(C#N)c(O)c2)ccc1F. The topological polar surface area (TPSA) is 44.0 Å². The van der Waals surface area contributed by atoms with Gasteiger partial charge >= 0.3 is 0 Å². The summed E-state index contributed by atoms with van der Waals surface area (Å²) in [5, 5.41) is 18.3. The molecule has 0 unspecified atom stereocenters. The summed E-state index contributed by atoms with van der Waals surface area (Å²) in [5.74, 6) is -0.321. The van der Waals surface area contributed by atoms with E-state index in [-0.39, 0.29) is 17.1 Å². The number of hydrogen-bond donors (Lipinski definition) is 1. The molecule has 0 heterocycles. The molecule has 0 aliphatic rings. The summed E-state index contributed by atoms with van der Waals surface area (Å²) in [6.07, 6.45) is 0. The molecule has 0 radical (unpaired) electrons. The first-order chi connectivity index (χ1) is 8.11. The van der Waals surface area contributed by atoms with Gasteiger partial charge in [-0.15, -0.1) is 0 Å². The molecule has 0 amide bonds. The lowest BCUT2D eigenvalue weighted by Crippen LogP contribution is -1.85. The fourth-order valence-electron chi connectivity index (χ4n) is 1.63. The van der Waals surface area contributed by atoms with Gasteiger partial charge in [-0.3, -0.25) is 0 Å². The average molecular weight is 227 g/mol. The van der Waals surface area contributed by atoms with Crippen LogP contribution in [-0.2, 0) is 0 Å². The van der Waals surface area contributed by atoms with Crippen LogP contribution in [0.25, 0.3) is 11.1 Å². The summed E-state index contributed by atoms with van der Waals surface area (Å²) in [6, 6.07) is 11.4. The van der Waals surface area contributed by atoms with Gasteiger partial charge in [0.15, 0.2) is 0 Å². The van der Waals surface area contributed by atoms with E-state index in [4.69, 9.17) is 5.26 Å². The molecular weight excluding hydrogens is 217 g/mol. The van der Waals surface area contributed by atoms with Crippen molar-refractivity contribution in [3.05, 3.63) is 53.3 Å². The van der Waals surface area contributed by atoms with Gasteiger partial charge in [0.05, 0.1) is 5.56 Å². The predicted molar refractivity (Wildman–Crippen MR) is 63.0 cm³/mol. The Kier molecular flexibility index (Phi) is 2.80. The third kappa shape index (κ3) is 2.11. The fraction of sp³-hybridized carbons (Fsp3) is 0.0714. The van der Waals surface area contributed by atoms with E-state index in [1.54, 1.807) is 31.2 Å². The van der Waals surface area contributed by atoms with Gasteiger partial charge in [0.25, 0.3) is 0 Å². The molecule has 2 aromatic rings. The van der Waals surface area contributed by atoms with Gasteiger partial charge in [-0.25, -0.2) is 4.39 Å². The Morgan fingerprint density at radius 1 is 1.12 bits per heavy atom. The van der Waals surface area contributed by atoms with E-state index in [2.05, 4.69) is 0 Å². The lowest BCUT2D eigenvalue weighted by molar-refractivity contribution is 0.474. The molecule has 1 N–H and O–H groups in total. The highest BCUT2D eigenvalue weighted by atomic mass is 19.1. The van der Waals surface area contributed by atoms with E-state index in [9.17, 15) is 9.50 Å². The number of aryl methyl sites for hydroxylation is 1. The summed E-state index contributed by atoms with van der Waals surface area (Å²) in [5.41, 5.74) is 2.34. The molecule has 0 saturated carbocycles. The molecule has 0 aromatic heterocycles. The molecule has 3 heteroatoms. The van der Waals surface area contributed by atoms with Crippen molar-refractivity contribution in [1.29, 1.82) is 5.26 Å². The minimum Gasteiger partial charge on any atom is -0.507 e. The zero-order chi connectivity index (χ0) is 12.4. The Labute approximate surface area is 98.6 Å². The maximum absolute atomic E-state index is 13.1. The first-order valence-corrected chi connectivity index (χ1v) is 5.11. The summed E-state index contributed by atoms with van der Waals surface area (Å²) in [4.78, 5) is 0. The number of aromatic hydroxyl groups is 1. The number of rotatable bonds is 1. The van der Waals surface area contributed by atoms with Crippen LogP contribution in [0.4, 0.5) is 4.39 Å². The van der Waals surface area contributed by atoms with Crippen LogP contribution in [0.2, 0.25) is 0 Å². The Morgan fingerprint density at radius 2 is 1.76 bits per heavy atom. The molecule has 0 aliphatic heterocycles. The molecule has 0 fully saturated rings. The number of phenolic OH excluding ortho intramolecular Hbond substituents is 1. The number of phenols is 1. The largest absolute Gasteiger partial charge is 0.507 e. The minimum atomic E-state index is -0.258. The highest BCUT2D eigenvalue weighted by Gasteiger charge is 2.05. The lowest BCUT2D eigenvalue weighted by Gasteiger charge is -2.05. The van der Waals surface area contributed by atoms with Gasteiger partial charge in [-0.2, -0.15) is 5.26 Å². The van der Waals surface area contributed by atoms with Gasteiger partial charge < -0.3 is 5.11 Å². The number of nitrogens with zero attached hydrogens (tertiary/aromatic N) is 1. The van der Waals surface area contributed by atoms with Gasteiger partial charge in [0.2, 0.25) is 0 Å². The van der Waals surface area contributed by atoms with Crippen LogP contribution in [0.3, 0.4) is 0 Å². The van der Waals surface area contributed by atoms with Crippen LogP contribution in [0.1, 0.15) is 11.1 Å². The molecule has 0 aliphatic carbocycles. The molecule has 0 atom stereocenters. The molecule has 84 valence electrons. The first kappa shape index (κ1) is 11.2. The number of hydrogen-bond acceptors (Lipinski definition) is 2. The summed E-state index contributed by atoms with van der Waals surface area (Å²) >= 11 is 0. The zero-order valence-electron chi connectivity index (χ0n) is 9.24. The normalized spacial score (nSPS) is 9.94. The van der Waals surface area contributed by atoms with Crippen LogP contribution >= 0.6 is 0 Å². The Morgan fingerprint density at radius 3 is 2.35 bits per heavy atom. The minimum absolute atomic E-state index is 0.0630. The second-order valence-corrected chi connectivity index (χ2v) is 3.81. The van der Waals surface area contributed by atoms with Crippen LogP contribution < -0.4 is 0 Å². The third-order valence-electron chi connectivity index (χ3n) is 2.61. The standard InChI is InChI=1S/C14H10FNO/c1-9-6-10(4-5-13(9)15)11-2-3-12(8-16)14(17)7-11/h2-7,17H,1H3. The highest BCUT2D eigenvalue weighted by molar-refractivity contribution is 5.67. The van der Waals surface area contributed by atoms with Crippen molar-refractivity contribution in [2.75, 3.05) is 0 Å². The van der Waals surface area contributed by atoms with E-state index in [1.807, 2.05) is 6.07 Å². The number of benzene rings is 2. The molecule has 2 rings (SSSR count). The van der Waals surface area contributed by atoms with Crippen molar-refractivity contribution in [3.8, 4) is 22.9 Å². The van der Waals surface area contributed by atoms with Crippen LogP contribution in [0.15, 0.2) is 36.4 Å². The van der Waals surface area contributed by atoms with E-state index >= 15 is 0 Å². The molecular formula is C14H10FNO. The Bertz CT molecular complexity index is 614. The van der Waals surface area contributed by atoms with E-state index in [0.29, 0.717) is 5.56 Å². The predicted octanol–water partition coefficient (Wildman–Crippen LogP) is 3.38. The van der Waals surface area contributed by atoms with Crippen molar-refractivity contribution in [2.45, 2.75) is 6.92 Å². The highest BCUT2D eigenvalue weighted by Crippen LogP contribution is 2.27. The number of halogens is 1. The zero-order valence-corrected chi connectivity index (χ0v) is 9.24. The van der Waals surface area contributed by atoms with Crippen molar-refractivity contribution < 1.29 is 9.50 Å². The second-order valence-electron chi connectivity index (χ2n) is 3.81. The summed E-state index contributed by atoms with van der Waals surface area (Å²) < 4.78 is 13.1. The Hall–Kier alpha value is -2.34. The van der Waals surface area contributed by atoms with Crippen LogP contribution in [0.5, 0.6) is 5.75 Å². The van der Waals surface area contributed by atoms with Gasteiger partial charge in [0, 0.05) is 0 Å². The first-order valence-electron chi connectivity index (χ1n) is 5.11. The number of nitriles is 1. The third-order valence-corrected chi connectivity index (χ3v) is 2.61. The van der Waals surface area contributed by atoms with E-state index in [0.717, 1.165) is 11.1 Å². The monoisotopic (exact) mass is 227 g/mol. The molecule has 2 nitrogen and oxygen atoms in total. The van der Waals surface area contributed by atoms with Crippen molar-refractivity contribution in [1.82, 2.24) is 0 Å². The van der Waals surface area contributed by atoms with E-state index in [1.165, 1.54) is 12.1 Å². The molecule has 0 saturated heterocycles. The second kappa shape index (κ2) is 4.26. The van der Waals surface area contributed by atoms with Crippen LogP contribution in [-0.4, -0.2) is 5.11 Å². The lowest BCUT2D eigenvalue weighted by atomic mass is 10.0. The van der Waals surface area contributed by atoms with Crippen LogP contribution in [0, 0.1) is 24.1 Å². The molecule has 17 heavy (non-hydrogen) atoms. The van der Waals surface area contributed by atoms with E-state index < -0.39 is 0 Å². The summed E-state index contributed by atoms with van der Waals surface area (Å²) in [7, 11) is 0. The molecule has 2 aromatic carbocycles. The van der Waals surface area contributed by atoms with Gasteiger partial charge in [-0.05, 0) is 47.9 Å². The maximum Gasteiger partial charge on any atom is 0.133 e. The smallest absolute Gasteiger partial charge is 0.133 e. The average Bonchev–Trinajstić information content (AvgIpc) is 2.32. The molecule has 0 spiro atoms. The van der Waals surface area contributed by atoms with Gasteiger partial charge in [-0.1, -0.05) is 12.1 Å². The maximum atomic E-state index is 13.1. The van der Waals surface area contributed by atoms with Gasteiger partial charge in [0.1, 0.15) is 17.6 Å². The Balaban J connectivity index is 2.50. The summed E-state index contributed by atoms with van der Waals surface area (Å²) in [6.45, 7) is 1.68. The molecule has 0 bridgehead atoms.